The van der Waals surface area contributed by atoms with Gasteiger partial charge >= 0.3 is 0 Å². The summed E-state index contributed by atoms with van der Waals surface area (Å²) in [7, 11) is 0. The van der Waals surface area contributed by atoms with Gasteiger partial charge < -0.3 is 5.11 Å². The predicted molar refractivity (Wildman–Crippen MR) is 54.3 cm³/mol. The maximum Gasteiger partial charge on any atom is 0.0690 e. The van der Waals surface area contributed by atoms with Crippen LogP contribution in [0.2, 0.25) is 10.0 Å². The molecular formula is C10H10Cl2O. The summed E-state index contributed by atoms with van der Waals surface area (Å²) in [6.45, 7) is 0. The van der Waals surface area contributed by atoms with Gasteiger partial charge in [0, 0.05) is 6.42 Å². The molecule has 0 spiro atoms. The molecule has 2 rings (SSSR count). The lowest BCUT2D eigenvalue weighted by molar-refractivity contribution is 0.151. The second-order valence-electron chi connectivity index (χ2n) is 3.61. The molecule has 1 aromatic carbocycles. The van der Waals surface area contributed by atoms with Crippen molar-refractivity contribution in [2.45, 2.75) is 24.9 Å². The van der Waals surface area contributed by atoms with Gasteiger partial charge in [-0.3, -0.25) is 0 Å². The fourth-order valence-corrected chi connectivity index (χ4v) is 1.75. The molecule has 0 bridgehead atoms. The van der Waals surface area contributed by atoms with Gasteiger partial charge in [0.05, 0.1) is 15.6 Å². The summed E-state index contributed by atoms with van der Waals surface area (Å²) in [5, 5.41) is 10.8. The summed E-state index contributed by atoms with van der Waals surface area (Å²) in [5.74, 6) is 0. The second kappa shape index (κ2) is 3.16. The van der Waals surface area contributed by atoms with E-state index in [-0.39, 0.29) is 0 Å². The lowest BCUT2D eigenvalue weighted by Gasteiger charge is -2.09. The largest absolute Gasteiger partial charge is 0.390 e. The van der Waals surface area contributed by atoms with E-state index in [2.05, 4.69) is 0 Å². The van der Waals surface area contributed by atoms with E-state index in [9.17, 15) is 5.11 Å². The van der Waals surface area contributed by atoms with Crippen molar-refractivity contribution in [3.63, 3.8) is 0 Å². The Morgan fingerprint density at radius 1 is 1.31 bits per heavy atom. The fourth-order valence-electron chi connectivity index (χ4n) is 1.36. The molecule has 0 heterocycles. The normalized spacial score (nSPS) is 18.7. The molecule has 1 fully saturated rings. The topological polar surface area (TPSA) is 20.2 Å². The molecule has 0 saturated heterocycles. The van der Waals surface area contributed by atoms with Crippen LogP contribution in [0, 0.1) is 0 Å². The van der Waals surface area contributed by atoms with Crippen molar-refractivity contribution in [2.24, 2.45) is 0 Å². The molecule has 1 aliphatic rings. The van der Waals surface area contributed by atoms with Crippen molar-refractivity contribution in [2.75, 3.05) is 0 Å². The van der Waals surface area contributed by atoms with E-state index in [0.29, 0.717) is 16.5 Å². The van der Waals surface area contributed by atoms with Crippen molar-refractivity contribution in [1.82, 2.24) is 0 Å². The molecule has 13 heavy (non-hydrogen) atoms. The molecule has 1 aromatic rings. The molecule has 0 aliphatic heterocycles. The first-order chi connectivity index (χ1) is 6.11. The summed E-state index contributed by atoms with van der Waals surface area (Å²) in [5.41, 5.74) is 0.433. The third-order valence-electron chi connectivity index (χ3n) is 2.38. The number of hydrogen-bond donors (Lipinski definition) is 1. The highest BCUT2D eigenvalue weighted by Crippen LogP contribution is 2.40. The number of aliphatic hydroxyl groups is 1. The van der Waals surface area contributed by atoms with Gasteiger partial charge in [-0.2, -0.15) is 0 Å². The Morgan fingerprint density at radius 3 is 2.62 bits per heavy atom. The van der Waals surface area contributed by atoms with Gasteiger partial charge in [0.2, 0.25) is 0 Å². The van der Waals surface area contributed by atoms with E-state index in [1.807, 2.05) is 12.1 Å². The van der Waals surface area contributed by atoms with E-state index in [4.69, 9.17) is 23.2 Å². The quantitative estimate of drug-likeness (QED) is 0.807. The van der Waals surface area contributed by atoms with Gasteiger partial charge in [0.15, 0.2) is 0 Å². The molecule has 1 saturated carbocycles. The summed E-state index contributed by atoms with van der Waals surface area (Å²) in [4.78, 5) is 0. The molecule has 1 N–H and O–H groups in total. The first-order valence-corrected chi connectivity index (χ1v) is 5.02. The average molecular weight is 217 g/mol. The van der Waals surface area contributed by atoms with E-state index in [1.54, 1.807) is 6.07 Å². The van der Waals surface area contributed by atoms with Crippen LogP contribution in [-0.4, -0.2) is 10.7 Å². The van der Waals surface area contributed by atoms with Crippen LogP contribution in [0.4, 0.5) is 0 Å². The minimum absolute atomic E-state index is 0.506. The average Bonchev–Trinajstić information content (AvgIpc) is 2.78. The smallest absolute Gasteiger partial charge is 0.0690 e. The summed E-state index contributed by atoms with van der Waals surface area (Å²) >= 11 is 11.8. The molecule has 70 valence electrons. The molecule has 1 aliphatic carbocycles. The zero-order valence-corrected chi connectivity index (χ0v) is 8.57. The highest BCUT2D eigenvalue weighted by molar-refractivity contribution is 6.42. The third kappa shape index (κ3) is 1.98. The number of rotatable bonds is 2. The Kier molecular flexibility index (Phi) is 2.26. The van der Waals surface area contributed by atoms with Crippen LogP contribution in [0.15, 0.2) is 18.2 Å². The second-order valence-corrected chi connectivity index (χ2v) is 4.40. The van der Waals surface area contributed by atoms with E-state index in [1.165, 1.54) is 0 Å². The Hall–Kier alpha value is -0.240. The summed E-state index contributed by atoms with van der Waals surface area (Å²) in [6, 6.07) is 5.52. The Balaban J connectivity index is 2.25. The molecule has 0 atom stereocenters. The molecule has 3 heteroatoms. The van der Waals surface area contributed by atoms with Crippen LogP contribution in [0.3, 0.4) is 0 Å². The minimum atomic E-state index is -0.506. The Labute approximate surface area is 87.3 Å². The zero-order valence-electron chi connectivity index (χ0n) is 7.06. The molecule has 0 radical (unpaired) electrons. The summed E-state index contributed by atoms with van der Waals surface area (Å²) < 4.78 is 0. The van der Waals surface area contributed by atoms with Crippen LogP contribution in [0.5, 0.6) is 0 Å². The third-order valence-corrected chi connectivity index (χ3v) is 3.24. The molecular weight excluding hydrogens is 207 g/mol. The monoisotopic (exact) mass is 216 g/mol. The van der Waals surface area contributed by atoms with Gasteiger partial charge in [-0.05, 0) is 24.5 Å². The van der Waals surface area contributed by atoms with Crippen molar-refractivity contribution >= 4 is 23.2 Å². The molecule has 0 amide bonds. The maximum atomic E-state index is 9.70. The zero-order chi connectivity index (χ0) is 9.47. The standard InChI is InChI=1S/C10H10Cl2O/c11-8-3-1-2-7(9(8)12)6-10(13)4-5-10/h1-3,13H,4-6H2. The number of halogens is 2. The van der Waals surface area contributed by atoms with Gasteiger partial charge in [-0.25, -0.2) is 0 Å². The molecule has 0 aromatic heterocycles. The van der Waals surface area contributed by atoms with Crippen LogP contribution >= 0.6 is 23.2 Å². The first kappa shape index (κ1) is 9.32. The van der Waals surface area contributed by atoms with Gasteiger partial charge in [0.1, 0.15) is 0 Å². The minimum Gasteiger partial charge on any atom is -0.390 e. The van der Waals surface area contributed by atoms with E-state index < -0.39 is 5.60 Å². The lowest BCUT2D eigenvalue weighted by Crippen LogP contribution is -2.10. The molecule has 1 nitrogen and oxygen atoms in total. The first-order valence-electron chi connectivity index (χ1n) is 4.26. The van der Waals surface area contributed by atoms with E-state index in [0.717, 1.165) is 18.4 Å². The van der Waals surface area contributed by atoms with Crippen molar-refractivity contribution in [1.29, 1.82) is 0 Å². The van der Waals surface area contributed by atoms with Crippen molar-refractivity contribution < 1.29 is 5.11 Å². The summed E-state index contributed by atoms with van der Waals surface area (Å²) in [6.07, 6.45) is 2.36. The van der Waals surface area contributed by atoms with Gasteiger partial charge in [-0.15, -0.1) is 0 Å². The molecule has 0 unspecified atom stereocenters. The predicted octanol–water partition coefficient (Wildman–Crippen LogP) is 3.06. The number of hydrogen-bond acceptors (Lipinski definition) is 1. The van der Waals surface area contributed by atoms with Crippen LogP contribution in [0.25, 0.3) is 0 Å². The number of benzene rings is 1. The van der Waals surface area contributed by atoms with Gasteiger partial charge in [-0.1, -0.05) is 35.3 Å². The Morgan fingerprint density at radius 2 is 2.00 bits per heavy atom. The van der Waals surface area contributed by atoms with Crippen LogP contribution in [-0.2, 0) is 6.42 Å². The highest BCUT2D eigenvalue weighted by Gasteiger charge is 2.40. The van der Waals surface area contributed by atoms with Crippen molar-refractivity contribution in [3.05, 3.63) is 33.8 Å². The van der Waals surface area contributed by atoms with Crippen LogP contribution in [0.1, 0.15) is 18.4 Å². The van der Waals surface area contributed by atoms with Crippen molar-refractivity contribution in [3.8, 4) is 0 Å². The SMILES string of the molecule is OC1(Cc2cccc(Cl)c2Cl)CC1. The maximum absolute atomic E-state index is 9.70. The highest BCUT2D eigenvalue weighted by atomic mass is 35.5. The van der Waals surface area contributed by atoms with Crippen LogP contribution < -0.4 is 0 Å². The fraction of sp³-hybridized carbons (Fsp3) is 0.400. The van der Waals surface area contributed by atoms with E-state index >= 15 is 0 Å². The lowest BCUT2D eigenvalue weighted by atomic mass is 10.1. The van der Waals surface area contributed by atoms with Gasteiger partial charge in [0.25, 0.3) is 0 Å². The Bertz CT molecular complexity index is 332.